The fourth-order valence-electron chi connectivity index (χ4n) is 6.53. The van der Waals surface area contributed by atoms with E-state index in [4.69, 9.17) is 32.7 Å². The highest BCUT2D eigenvalue weighted by atomic mass is 35.5. The maximum absolute atomic E-state index is 14.3. The van der Waals surface area contributed by atoms with Gasteiger partial charge in [0.2, 0.25) is 17.7 Å². The van der Waals surface area contributed by atoms with Crippen LogP contribution in [0, 0.1) is 22.7 Å². The van der Waals surface area contributed by atoms with Gasteiger partial charge in [-0.25, -0.2) is 0 Å². The number of nitrogens with zero attached hydrogens (tertiary/aromatic N) is 3. The van der Waals surface area contributed by atoms with E-state index in [-0.39, 0.29) is 54.5 Å². The first-order valence-corrected chi connectivity index (χ1v) is 15.8. The van der Waals surface area contributed by atoms with Gasteiger partial charge in [0.25, 0.3) is 0 Å². The monoisotopic (exact) mass is 633 g/mol. The minimum atomic E-state index is -1.30. The number of ether oxygens (including phenoxy) is 2. The third-order valence-corrected chi connectivity index (χ3v) is 9.91. The normalized spacial score (nSPS) is 27.9. The van der Waals surface area contributed by atoms with Crippen LogP contribution < -0.4 is 0 Å². The topological polar surface area (TPSA) is 96.5 Å². The summed E-state index contributed by atoms with van der Waals surface area (Å²) in [6.45, 7) is 9.85. The Hall–Kier alpha value is -2.62. The van der Waals surface area contributed by atoms with E-state index >= 15 is 0 Å². The van der Waals surface area contributed by atoms with E-state index in [9.17, 15) is 19.2 Å². The van der Waals surface area contributed by atoms with Crippen molar-refractivity contribution in [2.45, 2.75) is 72.1 Å². The molecule has 1 aliphatic carbocycles. The first-order valence-electron chi connectivity index (χ1n) is 15.0. The minimum Gasteiger partial charge on any atom is -0.468 e. The number of methoxy groups -OCH3 is 1. The number of carbonyl (C=O) groups is 4. The highest BCUT2D eigenvalue weighted by Gasteiger charge is 2.60. The van der Waals surface area contributed by atoms with E-state index in [1.54, 1.807) is 28.0 Å². The van der Waals surface area contributed by atoms with Crippen molar-refractivity contribution in [3.05, 3.63) is 45.6 Å². The van der Waals surface area contributed by atoms with Gasteiger partial charge in [0.15, 0.2) is 0 Å². The van der Waals surface area contributed by atoms with E-state index in [2.05, 4.69) is 0 Å². The fourth-order valence-corrected chi connectivity index (χ4v) is 7.00. The maximum atomic E-state index is 14.3. The molecule has 0 radical (unpaired) electrons. The molecule has 1 aromatic rings. The van der Waals surface area contributed by atoms with Crippen LogP contribution >= 0.6 is 23.2 Å². The quantitative estimate of drug-likeness (QED) is 0.422. The summed E-state index contributed by atoms with van der Waals surface area (Å²) < 4.78 is 11.8. The highest BCUT2D eigenvalue weighted by molar-refractivity contribution is 6.35. The third kappa shape index (κ3) is 6.18. The molecule has 2 saturated heterocycles. The minimum absolute atomic E-state index is 0.0678. The first-order chi connectivity index (χ1) is 20.3. The number of carbonyl (C=O) groups excluding carboxylic acids is 4. The molecule has 234 valence electrons. The Morgan fingerprint density at radius 2 is 1.72 bits per heavy atom. The second-order valence-electron chi connectivity index (χ2n) is 13.3. The molecule has 1 saturated carbocycles. The fraction of sp³-hybridized carbons (Fsp3) is 0.625. The Morgan fingerprint density at radius 3 is 2.30 bits per heavy atom. The number of benzene rings is 1. The van der Waals surface area contributed by atoms with Gasteiger partial charge in [0.05, 0.1) is 25.9 Å². The number of likely N-dealkylation sites (tertiary alicyclic amines) is 1. The molecule has 5 rings (SSSR count). The lowest BCUT2D eigenvalue weighted by molar-refractivity contribution is -0.180. The summed E-state index contributed by atoms with van der Waals surface area (Å²) in [6, 6.07) is 5.09. The first kappa shape index (κ1) is 31.8. The Kier molecular flexibility index (Phi) is 8.91. The molecule has 0 bridgehead atoms. The van der Waals surface area contributed by atoms with Crippen molar-refractivity contribution in [2.24, 2.45) is 22.7 Å². The van der Waals surface area contributed by atoms with Gasteiger partial charge < -0.3 is 24.2 Å². The molecule has 9 nitrogen and oxygen atoms in total. The van der Waals surface area contributed by atoms with Gasteiger partial charge in [0, 0.05) is 60.2 Å². The maximum Gasteiger partial charge on any atom is 0.320 e. The van der Waals surface area contributed by atoms with Crippen LogP contribution in [-0.4, -0.2) is 83.9 Å². The molecular weight excluding hydrogens is 593 g/mol. The van der Waals surface area contributed by atoms with Crippen LogP contribution in [0.3, 0.4) is 0 Å². The molecule has 3 amide bonds. The van der Waals surface area contributed by atoms with E-state index in [1.165, 1.54) is 7.11 Å². The molecule has 3 heterocycles. The number of hydrogen-bond donors (Lipinski definition) is 0. The van der Waals surface area contributed by atoms with Crippen molar-refractivity contribution in [1.82, 2.24) is 14.7 Å². The van der Waals surface area contributed by atoms with E-state index in [0.717, 1.165) is 12.8 Å². The molecule has 4 aliphatic rings. The predicted molar refractivity (Wildman–Crippen MR) is 162 cm³/mol. The number of hydrogen-bond acceptors (Lipinski definition) is 6. The van der Waals surface area contributed by atoms with E-state index in [1.807, 2.05) is 38.7 Å². The van der Waals surface area contributed by atoms with Gasteiger partial charge in [-0.3, -0.25) is 19.2 Å². The summed E-state index contributed by atoms with van der Waals surface area (Å²) in [5.41, 5.74) is -0.436. The lowest BCUT2D eigenvalue weighted by atomic mass is 9.65. The summed E-state index contributed by atoms with van der Waals surface area (Å²) in [4.78, 5) is 59.3. The lowest BCUT2D eigenvalue weighted by Gasteiger charge is -2.53. The predicted octanol–water partition coefficient (Wildman–Crippen LogP) is 4.69. The number of piperidine rings is 1. The molecule has 1 aromatic carbocycles. The molecule has 3 fully saturated rings. The van der Waals surface area contributed by atoms with Crippen LogP contribution in [-0.2, 0) is 35.2 Å². The van der Waals surface area contributed by atoms with E-state index in [0.29, 0.717) is 47.5 Å². The van der Waals surface area contributed by atoms with Crippen LogP contribution in [0.25, 0.3) is 0 Å². The number of rotatable bonds is 6. The van der Waals surface area contributed by atoms with Gasteiger partial charge in [-0.2, -0.15) is 0 Å². The Bertz CT molecular complexity index is 1330. The Labute approximate surface area is 263 Å². The standard InChI is InChI=1S/C32H41Cl2N3O6/c1-19-32(30(41)42-5)17-22(14-27(38)35-10-12-36(13-11-35)28(39)20-6-7-20)29(40)37(18-21-8-9-23(33)15-24(21)34)25(32)16-26(43-19)31(2,3)4/h8-9,15-16,19-20,22,26H,6-7,10-14,17-18H2,1-5H3/t19-,22+,26-,32+/m1/s1. The van der Waals surface area contributed by atoms with Crippen LogP contribution in [0.4, 0.5) is 0 Å². The molecule has 0 spiro atoms. The van der Waals surface area contributed by atoms with Crippen molar-refractivity contribution >= 4 is 46.9 Å². The van der Waals surface area contributed by atoms with Crippen LogP contribution in [0.15, 0.2) is 30.0 Å². The van der Waals surface area contributed by atoms with Crippen LogP contribution in [0.2, 0.25) is 10.0 Å². The zero-order chi connectivity index (χ0) is 31.3. The molecule has 0 aromatic heterocycles. The van der Waals surface area contributed by atoms with Gasteiger partial charge in [-0.15, -0.1) is 0 Å². The number of esters is 1. The molecule has 43 heavy (non-hydrogen) atoms. The number of fused-ring (bicyclic) bond motifs is 1. The largest absolute Gasteiger partial charge is 0.468 e. The molecule has 4 atom stereocenters. The second kappa shape index (κ2) is 12.1. The summed E-state index contributed by atoms with van der Waals surface area (Å²) in [6.07, 6.45) is 2.76. The zero-order valence-electron chi connectivity index (χ0n) is 25.5. The second-order valence-corrected chi connectivity index (χ2v) is 14.2. The Morgan fingerprint density at radius 1 is 1.07 bits per heavy atom. The number of amides is 3. The Balaban J connectivity index is 1.47. The van der Waals surface area contributed by atoms with Crippen LogP contribution in [0.1, 0.15) is 58.9 Å². The summed E-state index contributed by atoms with van der Waals surface area (Å²) in [7, 11) is 1.33. The van der Waals surface area contributed by atoms with Gasteiger partial charge in [-0.1, -0.05) is 50.0 Å². The SMILES string of the molecule is COC(=O)[C@]12C[C@H](CC(=O)N3CCN(C(=O)C4CC4)CC3)C(=O)N(Cc3ccc(Cl)cc3Cl)C1=C[C@H](C(C)(C)C)O[C@@H]2C. The highest BCUT2D eigenvalue weighted by Crippen LogP contribution is 2.52. The van der Waals surface area contributed by atoms with Crippen molar-refractivity contribution in [3.8, 4) is 0 Å². The third-order valence-electron chi connectivity index (χ3n) is 9.32. The molecule has 0 N–H and O–H groups in total. The molecule has 0 unspecified atom stereocenters. The number of piperazine rings is 1. The lowest BCUT2D eigenvalue weighted by Crippen LogP contribution is -2.61. The molecule has 11 heteroatoms. The smallest absolute Gasteiger partial charge is 0.320 e. The van der Waals surface area contributed by atoms with Crippen molar-refractivity contribution in [3.63, 3.8) is 0 Å². The summed E-state index contributed by atoms with van der Waals surface area (Å²) in [5.74, 6) is -1.43. The zero-order valence-corrected chi connectivity index (χ0v) is 27.0. The summed E-state index contributed by atoms with van der Waals surface area (Å²) in [5, 5.41) is 0.866. The van der Waals surface area contributed by atoms with Crippen molar-refractivity contribution in [1.29, 1.82) is 0 Å². The van der Waals surface area contributed by atoms with E-state index < -0.39 is 23.4 Å². The van der Waals surface area contributed by atoms with Gasteiger partial charge >= 0.3 is 5.97 Å². The molecule has 3 aliphatic heterocycles. The number of halogens is 2. The van der Waals surface area contributed by atoms with Crippen LogP contribution in [0.5, 0.6) is 0 Å². The van der Waals surface area contributed by atoms with Crippen molar-refractivity contribution in [2.75, 3.05) is 33.3 Å². The average molecular weight is 635 g/mol. The van der Waals surface area contributed by atoms with Crippen molar-refractivity contribution < 1.29 is 28.7 Å². The van der Waals surface area contributed by atoms with Gasteiger partial charge in [0.1, 0.15) is 5.41 Å². The average Bonchev–Trinajstić information content (AvgIpc) is 3.81. The molecular formula is C32H41Cl2N3O6. The summed E-state index contributed by atoms with van der Waals surface area (Å²) >= 11 is 12.7. The van der Waals surface area contributed by atoms with Gasteiger partial charge in [-0.05, 0) is 55.4 Å².